The van der Waals surface area contributed by atoms with E-state index in [0.29, 0.717) is 12.3 Å². The van der Waals surface area contributed by atoms with Crippen LogP contribution in [0.25, 0.3) is 0 Å². The summed E-state index contributed by atoms with van der Waals surface area (Å²) in [7, 11) is 0. The fraction of sp³-hybridized carbons (Fsp3) is 0.294. The summed E-state index contributed by atoms with van der Waals surface area (Å²) < 4.78 is 10.6. The summed E-state index contributed by atoms with van der Waals surface area (Å²) >= 11 is 0. The number of hydrogen-bond donors (Lipinski definition) is 2. The second kappa shape index (κ2) is 6.16. The number of rotatable bonds is 5. The number of ether oxygens (including phenoxy) is 2. The molecule has 0 saturated heterocycles. The van der Waals surface area contributed by atoms with Gasteiger partial charge in [-0.2, -0.15) is 0 Å². The Labute approximate surface area is 124 Å². The van der Waals surface area contributed by atoms with Gasteiger partial charge in [0, 0.05) is 13.1 Å². The first kappa shape index (κ1) is 13.9. The molecule has 0 aromatic heterocycles. The highest BCUT2D eigenvalue weighted by Gasteiger charge is 2.16. The van der Waals surface area contributed by atoms with E-state index >= 15 is 0 Å². The molecule has 4 heteroatoms. The molecular weight excluding hydrogens is 266 g/mol. The molecule has 0 amide bonds. The fourth-order valence-electron chi connectivity index (χ4n) is 2.30. The number of aryl methyl sites for hydroxylation is 1. The van der Waals surface area contributed by atoms with E-state index in [9.17, 15) is 5.11 Å². The van der Waals surface area contributed by atoms with E-state index in [4.69, 9.17) is 9.47 Å². The van der Waals surface area contributed by atoms with Gasteiger partial charge in [-0.1, -0.05) is 35.9 Å². The van der Waals surface area contributed by atoms with Gasteiger partial charge in [0.25, 0.3) is 0 Å². The van der Waals surface area contributed by atoms with E-state index in [2.05, 4.69) is 36.5 Å². The van der Waals surface area contributed by atoms with E-state index in [1.807, 2.05) is 18.2 Å². The van der Waals surface area contributed by atoms with E-state index in [1.54, 1.807) is 0 Å². The van der Waals surface area contributed by atoms with E-state index in [0.717, 1.165) is 17.9 Å². The van der Waals surface area contributed by atoms with Crippen LogP contribution in [0.1, 0.15) is 22.8 Å². The third-order valence-corrected chi connectivity index (χ3v) is 3.57. The van der Waals surface area contributed by atoms with Crippen molar-refractivity contribution >= 4 is 0 Å². The van der Waals surface area contributed by atoms with Crippen molar-refractivity contribution < 1.29 is 14.6 Å². The van der Waals surface area contributed by atoms with Crippen molar-refractivity contribution in [2.75, 3.05) is 13.3 Å². The lowest BCUT2D eigenvalue weighted by Crippen LogP contribution is -2.21. The van der Waals surface area contributed by atoms with Crippen LogP contribution in [0.3, 0.4) is 0 Å². The Bertz CT molecular complexity index is 610. The van der Waals surface area contributed by atoms with Crippen molar-refractivity contribution in [1.82, 2.24) is 5.32 Å². The van der Waals surface area contributed by atoms with Gasteiger partial charge in [0.1, 0.15) is 0 Å². The Morgan fingerprint density at radius 3 is 2.67 bits per heavy atom. The highest BCUT2D eigenvalue weighted by atomic mass is 16.7. The van der Waals surface area contributed by atoms with Crippen molar-refractivity contribution in [3.63, 3.8) is 0 Å². The second-order valence-electron chi connectivity index (χ2n) is 5.24. The van der Waals surface area contributed by atoms with Crippen LogP contribution in [0, 0.1) is 6.92 Å². The minimum Gasteiger partial charge on any atom is -0.454 e. The van der Waals surface area contributed by atoms with Gasteiger partial charge >= 0.3 is 0 Å². The number of aliphatic hydroxyl groups is 1. The zero-order valence-corrected chi connectivity index (χ0v) is 12.0. The lowest BCUT2D eigenvalue weighted by molar-refractivity contribution is 0.170. The largest absolute Gasteiger partial charge is 0.454 e. The molecule has 2 aromatic rings. The summed E-state index contributed by atoms with van der Waals surface area (Å²) in [6.07, 6.45) is -0.565. The molecule has 110 valence electrons. The maximum atomic E-state index is 10.2. The van der Waals surface area contributed by atoms with Gasteiger partial charge in [-0.25, -0.2) is 0 Å². The minimum absolute atomic E-state index is 0.251. The fourth-order valence-corrected chi connectivity index (χ4v) is 2.30. The number of nitrogens with one attached hydrogen (secondary N) is 1. The molecule has 0 saturated carbocycles. The summed E-state index contributed by atoms with van der Waals surface area (Å²) in [6.45, 7) is 3.55. The molecule has 1 unspecified atom stereocenters. The first-order valence-electron chi connectivity index (χ1n) is 7.06. The van der Waals surface area contributed by atoms with Crippen molar-refractivity contribution in [2.45, 2.75) is 19.6 Å². The molecule has 0 bridgehead atoms. The molecule has 3 rings (SSSR count). The molecule has 0 fully saturated rings. The lowest BCUT2D eigenvalue weighted by Gasteiger charge is -2.13. The Hall–Kier alpha value is -2.04. The second-order valence-corrected chi connectivity index (χ2v) is 5.24. The monoisotopic (exact) mass is 285 g/mol. The quantitative estimate of drug-likeness (QED) is 0.886. The summed E-state index contributed by atoms with van der Waals surface area (Å²) in [5.41, 5.74) is 3.29. The Balaban J connectivity index is 1.54. The predicted octanol–water partition coefficient (Wildman–Crippen LogP) is 2.55. The van der Waals surface area contributed by atoms with Crippen LogP contribution in [-0.2, 0) is 6.54 Å². The Morgan fingerprint density at radius 1 is 1.10 bits per heavy atom. The van der Waals surface area contributed by atoms with E-state index < -0.39 is 6.10 Å². The third-order valence-electron chi connectivity index (χ3n) is 3.57. The molecule has 1 heterocycles. The SMILES string of the molecule is Cc1ccc(CNCC(O)c2ccc3c(c2)OCO3)cc1. The van der Waals surface area contributed by atoms with Crippen molar-refractivity contribution in [3.8, 4) is 11.5 Å². The molecule has 1 atom stereocenters. The molecular formula is C17H19NO3. The van der Waals surface area contributed by atoms with Gasteiger partial charge in [-0.15, -0.1) is 0 Å². The van der Waals surface area contributed by atoms with Crippen LogP contribution in [0.15, 0.2) is 42.5 Å². The van der Waals surface area contributed by atoms with Gasteiger partial charge < -0.3 is 19.9 Å². The number of aliphatic hydroxyl groups excluding tert-OH is 1. The molecule has 0 radical (unpaired) electrons. The van der Waals surface area contributed by atoms with Crippen molar-refractivity contribution in [2.24, 2.45) is 0 Å². The normalized spacial score (nSPS) is 14.2. The lowest BCUT2D eigenvalue weighted by atomic mass is 10.1. The van der Waals surface area contributed by atoms with Crippen LogP contribution < -0.4 is 14.8 Å². The van der Waals surface area contributed by atoms with Gasteiger partial charge in [0.05, 0.1) is 6.10 Å². The van der Waals surface area contributed by atoms with Crippen molar-refractivity contribution in [1.29, 1.82) is 0 Å². The van der Waals surface area contributed by atoms with Crippen LogP contribution in [-0.4, -0.2) is 18.4 Å². The standard InChI is InChI=1S/C17H19NO3/c1-12-2-4-13(5-3-12)9-18-10-15(19)14-6-7-16-17(8-14)21-11-20-16/h2-8,15,18-19H,9-11H2,1H3. The van der Waals surface area contributed by atoms with Gasteiger partial charge in [-0.05, 0) is 30.2 Å². The predicted molar refractivity (Wildman–Crippen MR) is 80.4 cm³/mol. The highest BCUT2D eigenvalue weighted by molar-refractivity contribution is 5.45. The topological polar surface area (TPSA) is 50.7 Å². The number of fused-ring (bicyclic) bond motifs is 1. The van der Waals surface area contributed by atoms with Crippen molar-refractivity contribution in [3.05, 3.63) is 59.2 Å². The van der Waals surface area contributed by atoms with Gasteiger partial charge in [-0.3, -0.25) is 0 Å². The molecule has 0 spiro atoms. The summed E-state index contributed by atoms with van der Waals surface area (Å²) in [6, 6.07) is 13.9. The third kappa shape index (κ3) is 3.35. The summed E-state index contributed by atoms with van der Waals surface area (Å²) in [4.78, 5) is 0. The van der Waals surface area contributed by atoms with Crippen LogP contribution >= 0.6 is 0 Å². The number of benzene rings is 2. The molecule has 4 nitrogen and oxygen atoms in total. The average molecular weight is 285 g/mol. The molecule has 0 aliphatic carbocycles. The number of hydrogen-bond acceptors (Lipinski definition) is 4. The summed E-state index contributed by atoms with van der Waals surface area (Å²) in [5, 5.41) is 13.5. The first-order chi connectivity index (χ1) is 10.2. The zero-order valence-electron chi connectivity index (χ0n) is 12.0. The molecule has 2 N–H and O–H groups in total. The highest BCUT2D eigenvalue weighted by Crippen LogP contribution is 2.34. The van der Waals surface area contributed by atoms with E-state index in [1.165, 1.54) is 11.1 Å². The molecule has 1 aliphatic rings. The van der Waals surface area contributed by atoms with Crippen LogP contribution in [0.5, 0.6) is 11.5 Å². The molecule has 21 heavy (non-hydrogen) atoms. The van der Waals surface area contributed by atoms with E-state index in [-0.39, 0.29) is 6.79 Å². The first-order valence-corrected chi connectivity index (χ1v) is 7.06. The smallest absolute Gasteiger partial charge is 0.231 e. The maximum absolute atomic E-state index is 10.2. The Kier molecular flexibility index (Phi) is 4.08. The van der Waals surface area contributed by atoms with Crippen LogP contribution in [0.2, 0.25) is 0 Å². The molecule has 1 aliphatic heterocycles. The maximum Gasteiger partial charge on any atom is 0.231 e. The zero-order chi connectivity index (χ0) is 14.7. The Morgan fingerprint density at radius 2 is 1.86 bits per heavy atom. The minimum atomic E-state index is -0.565. The molecule has 2 aromatic carbocycles. The summed E-state index contributed by atoms with van der Waals surface area (Å²) in [5.74, 6) is 1.43. The van der Waals surface area contributed by atoms with Gasteiger partial charge in [0.2, 0.25) is 6.79 Å². The van der Waals surface area contributed by atoms with Gasteiger partial charge in [0.15, 0.2) is 11.5 Å². The average Bonchev–Trinajstić information content (AvgIpc) is 2.96. The van der Waals surface area contributed by atoms with Crippen LogP contribution in [0.4, 0.5) is 0 Å².